The molecule has 0 saturated carbocycles. The molecule has 7 nitrogen and oxygen atoms in total. The summed E-state index contributed by atoms with van der Waals surface area (Å²) in [5, 5.41) is 2.96. The van der Waals surface area contributed by atoms with Gasteiger partial charge in [-0.25, -0.2) is 0 Å². The fourth-order valence-electron chi connectivity index (χ4n) is 3.90. The molecule has 1 saturated heterocycles. The molecule has 0 aromatic heterocycles. The van der Waals surface area contributed by atoms with Crippen molar-refractivity contribution in [2.24, 2.45) is 0 Å². The molecule has 0 bridgehead atoms. The third-order valence-corrected chi connectivity index (χ3v) is 5.66. The van der Waals surface area contributed by atoms with Crippen molar-refractivity contribution in [3.8, 4) is 5.75 Å². The van der Waals surface area contributed by atoms with Crippen LogP contribution in [0.3, 0.4) is 0 Å². The van der Waals surface area contributed by atoms with E-state index in [4.69, 9.17) is 9.47 Å². The molecule has 0 aliphatic carbocycles. The van der Waals surface area contributed by atoms with Crippen molar-refractivity contribution in [2.75, 3.05) is 49.6 Å². The summed E-state index contributed by atoms with van der Waals surface area (Å²) in [5.41, 5.74) is 2.81. The Bertz CT molecular complexity index is 923. The molecule has 2 aliphatic heterocycles. The molecule has 2 aliphatic rings. The first-order chi connectivity index (χ1) is 15.0. The lowest BCUT2D eigenvalue weighted by molar-refractivity contribution is -0.142. The zero-order valence-electron chi connectivity index (χ0n) is 18.0. The Labute approximate surface area is 182 Å². The van der Waals surface area contributed by atoms with Crippen molar-refractivity contribution in [3.63, 3.8) is 0 Å². The Balaban J connectivity index is 1.45. The van der Waals surface area contributed by atoms with Crippen LogP contribution in [0.5, 0.6) is 5.75 Å². The number of ether oxygens (including phenoxy) is 2. The van der Waals surface area contributed by atoms with Gasteiger partial charge in [0.1, 0.15) is 5.75 Å². The number of fused-ring (bicyclic) bond motifs is 1. The van der Waals surface area contributed by atoms with Crippen LogP contribution in [0.15, 0.2) is 48.5 Å². The van der Waals surface area contributed by atoms with Gasteiger partial charge >= 0.3 is 0 Å². The van der Waals surface area contributed by atoms with Crippen LogP contribution in [-0.4, -0.2) is 62.2 Å². The number of amides is 2. The van der Waals surface area contributed by atoms with E-state index in [-0.39, 0.29) is 18.4 Å². The highest BCUT2D eigenvalue weighted by molar-refractivity contribution is 5.95. The minimum Gasteiger partial charge on any atom is -0.477 e. The minimum absolute atomic E-state index is 0.0625. The van der Waals surface area contributed by atoms with Gasteiger partial charge in [0.05, 0.1) is 32.0 Å². The number of anilines is 2. The molecule has 2 aromatic carbocycles. The van der Waals surface area contributed by atoms with Crippen LogP contribution in [0.1, 0.15) is 25.3 Å². The van der Waals surface area contributed by atoms with Crippen molar-refractivity contribution < 1.29 is 19.1 Å². The van der Waals surface area contributed by atoms with Gasteiger partial charge in [-0.05, 0) is 35.7 Å². The van der Waals surface area contributed by atoms with Crippen molar-refractivity contribution >= 4 is 23.2 Å². The van der Waals surface area contributed by atoms with Gasteiger partial charge in [-0.3, -0.25) is 9.59 Å². The predicted octanol–water partition coefficient (Wildman–Crippen LogP) is 2.87. The zero-order chi connectivity index (χ0) is 21.8. The molecule has 31 heavy (non-hydrogen) atoms. The Hall–Kier alpha value is -3.06. The molecular weight excluding hydrogens is 394 g/mol. The third kappa shape index (κ3) is 4.99. The number of carbonyl (C=O) groups is 2. The van der Waals surface area contributed by atoms with Gasteiger partial charge in [-0.2, -0.15) is 0 Å². The van der Waals surface area contributed by atoms with Crippen LogP contribution in [0.4, 0.5) is 11.4 Å². The second-order valence-electron chi connectivity index (χ2n) is 8.22. The molecule has 0 radical (unpaired) electrons. The molecule has 164 valence electrons. The molecular formula is C24H29N3O4. The van der Waals surface area contributed by atoms with Crippen LogP contribution in [-0.2, 0) is 14.3 Å². The summed E-state index contributed by atoms with van der Waals surface area (Å²) in [6.07, 6.45) is -0.647. The number of benzene rings is 2. The quantitative estimate of drug-likeness (QED) is 0.801. The summed E-state index contributed by atoms with van der Waals surface area (Å²) in [6, 6.07) is 15.4. The van der Waals surface area contributed by atoms with Crippen molar-refractivity contribution in [3.05, 3.63) is 54.1 Å². The van der Waals surface area contributed by atoms with Gasteiger partial charge in [0.25, 0.3) is 5.91 Å². The van der Waals surface area contributed by atoms with E-state index in [2.05, 4.69) is 19.2 Å². The first-order valence-corrected chi connectivity index (χ1v) is 10.8. The largest absolute Gasteiger partial charge is 0.477 e. The maximum Gasteiger partial charge on any atom is 0.265 e. The Kier molecular flexibility index (Phi) is 6.42. The first kappa shape index (κ1) is 21.2. The molecule has 7 heteroatoms. The lowest BCUT2D eigenvalue weighted by atomic mass is 10.0. The number of hydrogen-bond donors (Lipinski definition) is 1. The van der Waals surface area contributed by atoms with E-state index in [1.807, 2.05) is 53.4 Å². The van der Waals surface area contributed by atoms with Crippen LogP contribution < -0.4 is 15.0 Å². The summed E-state index contributed by atoms with van der Waals surface area (Å²) in [4.78, 5) is 29.5. The monoisotopic (exact) mass is 423 g/mol. The lowest BCUT2D eigenvalue weighted by Crippen LogP contribution is -2.53. The van der Waals surface area contributed by atoms with E-state index >= 15 is 0 Å². The molecule has 0 spiro atoms. The Morgan fingerprint density at radius 1 is 1.06 bits per heavy atom. The van der Waals surface area contributed by atoms with Crippen LogP contribution in [0.25, 0.3) is 0 Å². The maximum absolute atomic E-state index is 13.0. The smallest absolute Gasteiger partial charge is 0.265 e. The van der Waals surface area contributed by atoms with Crippen molar-refractivity contribution in [2.45, 2.75) is 25.9 Å². The van der Waals surface area contributed by atoms with E-state index in [0.717, 1.165) is 11.4 Å². The van der Waals surface area contributed by atoms with Gasteiger partial charge < -0.3 is 24.6 Å². The van der Waals surface area contributed by atoms with Crippen LogP contribution in [0.2, 0.25) is 0 Å². The molecule has 1 atom stereocenters. The van der Waals surface area contributed by atoms with Crippen LogP contribution >= 0.6 is 0 Å². The van der Waals surface area contributed by atoms with Gasteiger partial charge in [-0.15, -0.1) is 0 Å². The third-order valence-electron chi connectivity index (χ3n) is 5.66. The Morgan fingerprint density at radius 2 is 1.77 bits per heavy atom. The fraction of sp³-hybridized carbons (Fsp3) is 0.417. The normalized spacial score (nSPS) is 18.4. The standard InChI is InChI=1S/C24H29N3O4/c1-17(2)18-7-9-19(10-8-18)25-23(28)16-27-15-22(24(29)26-11-13-30-14-12-26)31-21-6-4-3-5-20(21)27/h3-10,17,22H,11-16H2,1-2H3,(H,25,28)/t22-/m1/s1. The molecule has 2 heterocycles. The number of nitrogens with one attached hydrogen (secondary N) is 1. The highest BCUT2D eigenvalue weighted by Gasteiger charge is 2.34. The summed E-state index contributed by atoms with van der Waals surface area (Å²) < 4.78 is 11.4. The van der Waals surface area contributed by atoms with E-state index in [9.17, 15) is 9.59 Å². The average molecular weight is 424 g/mol. The van der Waals surface area contributed by atoms with Crippen molar-refractivity contribution in [1.82, 2.24) is 4.90 Å². The number of para-hydroxylation sites is 2. The summed E-state index contributed by atoms with van der Waals surface area (Å²) in [5.74, 6) is 0.865. The second kappa shape index (κ2) is 9.39. The van der Waals surface area contributed by atoms with E-state index in [1.165, 1.54) is 5.56 Å². The number of carbonyl (C=O) groups excluding carboxylic acids is 2. The summed E-state index contributed by atoms with van der Waals surface area (Å²) in [6.45, 7) is 6.94. The summed E-state index contributed by atoms with van der Waals surface area (Å²) in [7, 11) is 0. The lowest BCUT2D eigenvalue weighted by Gasteiger charge is -2.38. The van der Waals surface area contributed by atoms with Gasteiger partial charge in [0.15, 0.2) is 6.10 Å². The molecule has 4 rings (SSSR count). The number of nitrogens with zero attached hydrogens (tertiary/aromatic N) is 2. The van der Waals surface area contributed by atoms with E-state index < -0.39 is 6.10 Å². The zero-order valence-corrected chi connectivity index (χ0v) is 18.0. The number of hydrogen-bond acceptors (Lipinski definition) is 5. The van der Waals surface area contributed by atoms with E-state index in [1.54, 1.807) is 4.90 Å². The maximum atomic E-state index is 13.0. The predicted molar refractivity (Wildman–Crippen MR) is 120 cm³/mol. The number of rotatable bonds is 5. The molecule has 1 N–H and O–H groups in total. The molecule has 0 unspecified atom stereocenters. The average Bonchev–Trinajstić information content (AvgIpc) is 2.79. The van der Waals surface area contributed by atoms with Gasteiger partial charge in [0, 0.05) is 18.8 Å². The second-order valence-corrected chi connectivity index (χ2v) is 8.22. The topological polar surface area (TPSA) is 71.1 Å². The Morgan fingerprint density at radius 3 is 2.48 bits per heavy atom. The van der Waals surface area contributed by atoms with Crippen LogP contribution in [0, 0.1) is 0 Å². The summed E-state index contributed by atoms with van der Waals surface area (Å²) >= 11 is 0. The molecule has 2 aromatic rings. The van der Waals surface area contributed by atoms with E-state index in [0.29, 0.717) is 44.5 Å². The number of morpholine rings is 1. The highest BCUT2D eigenvalue weighted by atomic mass is 16.5. The molecule has 2 amide bonds. The van der Waals surface area contributed by atoms with Crippen molar-refractivity contribution in [1.29, 1.82) is 0 Å². The minimum atomic E-state index is -0.647. The first-order valence-electron chi connectivity index (χ1n) is 10.8. The molecule has 1 fully saturated rings. The highest BCUT2D eigenvalue weighted by Crippen LogP contribution is 2.33. The van der Waals surface area contributed by atoms with Gasteiger partial charge in [0.2, 0.25) is 5.91 Å². The SMILES string of the molecule is CC(C)c1ccc(NC(=O)CN2C[C@H](C(=O)N3CCOCC3)Oc3ccccc32)cc1. The van der Waals surface area contributed by atoms with Gasteiger partial charge in [-0.1, -0.05) is 38.1 Å². The fourth-order valence-corrected chi connectivity index (χ4v) is 3.90.